The van der Waals surface area contributed by atoms with Crippen LogP contribution in [0.5, 0.6) is 0 Å². The smallest absolute Gasteiger partial charge is 0.194 e. The van der Waals surface area contributed by atoms with Crippen molar-refractivity contribution >= 4 is 16.3 Å². The van der Waals surface area contributed by atoms with Crippen LogP contribution in [0.25, 0.3) is 4.96 Å². The molecule has 2 aromatic rings. The predicted octanol–water partition coefficient (Wildman–Crippen LogP) is 1.60. The van der Waals surface area contributed by atoms with Crippen LogP contribution >= 0.6 is 11.3 Å². The lowest BCUT2D eigenvalue weighted by Crippen LogP contribution is -2.00. The molecule has 70 valence electrons. The zero-order chi connectivity index (χ0) is 9.26. The van der Waals surface area contributed by atoms with E-state index in [-0.39, 0.29) is 0 Å². The van der Waals surface area contributed by atoms with E-state index in [1.165, 1.54) is 10.6 Å². The van der Waals surface area contributed by atoms with Gasteiger partial charge in [0.15, 0.2) is 4.96 Å². The van der Waals surface area contributed by atoms with Gasteiger partial charge in [-0.05, 0) is 26.3 Å². The monoisotopic (exact) mass is 195 g/mol. The first-order valence-electron chi connectivity index (χ1n) is 4.44. The minimum atomic E-state index is 0.764. The van der Waals surface area contributed by atoms with E-state index in [2.05, 4.69) is 16.3 Å². The van der Waals surface area contributed by atoms with Crippen LogP contribution in [0.2, 0.25) is 0 Å². The fraction of sp³-hybridized carbons (Fsp3) is 0.444. The molecule has 3 nitrogen and oxygen atoms in total. The van der Waals surface area contributed by atoms with Crippen LogP contribution in [0.4, 0.5) is 0 Å². The van der Waals surface area contributed by atoms with Gasteiger partial charge in [-0.2, -0.15) is 0 Å². The van der Waals surface area contributed by atoms with Crippen molar-refractivity contribution in [3.05, 3.63) is 23.0 Å². The summed E-state index contributed by atoms with van der Waals surface area (Å²) in [5, 5.41) is 0. The molecule has 0 aliphatic heterocycles. The standard InChI is InChI=1S/C9H13N3S/c1-7-8(3-2-4-10)13-9-11-5-6-12(7)9/h5-6H,2-4,10H2,1H3. The highest BCUT2D eigenvalue weighted by Crippen LogP contribution is 2.22. The summed E-state index contributed by atoms with van der Waals surface area (Å²) in [6.07, 6.45) is 5.99. The van der Waals surface area contributed by atoms with Gasteiger partial charge >= 0.3 is 0 Å². The minimum Gasteiger partial charge on any atom is -0.330 e. The number of aromatic nitrogens is 2. The molecule has 0 bridgehead atoms. The Labute approximate surface area is 81.2 Å². The lowest BCUT2D eigenvalue weighted by Gasteiger charge is -1.96. The molecule has 0 aromatic carbocycles. The van der Waals surface area contributed by atoms with Gasteiger partial charge in [0, 0.05) is 23.0 Å². The molecule has 2 N–H and O–H groups in total. The molecule has 0 saturated heterocycles. The van der Waals surface area contributed by atoms with E-state index in [1.807, 2.05) is 12.4 Å². The van der Waals surface area contributed by atoms with Gasteiger partial charge in [0.1, 0.15) is 0 Å². The van der Waals surface area contributed by atoms with E-state index in [0.29, 0.717) is 0 Å². The summed E-state index contributed by atoms with van der Waals surface area (Å²) in [6.45, 7) is 2.90. The quantitative estimate of drug-likeness (QED) is 0.808. The van der Waals surface area contributed by atoms with Crippen LogP contribution in [-0.2, 0) is 6.42 Å². The number of nitrogens with two attached hydrogens (primary N) is 1. The molecule has 2 aromatic heterocycles. The zero-order valence-corrected chi connectivity index (χ0v) is 8.47. The summed E-state index contributed by atoms with van der Waals surface area (Å²) in [5.41, 5.74) is 6.79. The molecule has 0 radical (unpaired) electrons. The van der Waals surface area contributed by atoms with Gasteiger partial charge < -0.3 is 5.73 Å². The second-order valence-electron chi connectivity index (χ2n) is 3.08. The minimum absolute atomic E-state index is 0.764. The Hall–Kier alpha value is -0.870. The Morgan fingerprint density at radius 2 is 2.46 bits per heavy atom. The van der Waals surface area contributed by atoms with E-state index in [9.17, 15) is 0 Å². The van der Waals surface area contributed by atoms with Gasteiger partial charge in [-0.25, -0.2) is 4.98 Å². The van der Waals surface area contributed by atoms with Gasteiger partial charge in [-0.1, -0.05) is 0 Å². The maximum absolute atomic E-state index is 5.48. The van der Waals surface area contributed by atoms with Crippen molar-refractivity contribution in [2.75, 3.05) is 6.54 Å². The van der Waals surface area contributed by atoms with Crippen molar-refractivity contribution in [2.24, 2.45) is 5.73 Å². The van der Waals surface area contributed by atoms with Gasteiger partial charge in [0.25, 0.3) is 0 Å². The SMILES string of the molecule is Cc1c(CCCN)sc2nccn12. The molecule has 0 saturated carbocycles. The first-order valence-corrected chi connectivity index (χ1v) is 5.26. The van der Waals surface area contributed by atoms with E-state index in [4.69, 9.17) is 5.73 Å². The van der Waals surface area contributed by atoms with E-state index < -0.39 is 0 Å². The van der Waals surface area contributed by atoms with Gasteiger partial charge in [-0.3, -0.25) is 4.40 Å². The maximum Gasteiger partial charge on any atom is 0.194 e. The molecule has 0 aliphatic rings. The number of rotatable bonds is 3. The van der Waals surface area contributed by atoms with Crippen molar-refractivity contribution in [1.82, 2.24) is 9.38 Å². The molecule has 4 heteroatoms. The number of nitrogens with zero attached hydrogens (tertiary/aromatic N) is 2. The molecule has 0 aliphatic carbocycles. The third-order valence-electron chi connectivity index (χ3n) is 2.19. The molecule has 2 heterocycles. The van der Waals surface area contributed by atoms with Crippen molar-refractivity contribution < 1.29 is 0 Å². The van der Waals surface area contributed by atoms with Crippen LogP contribution in [-0.4, -0.2) is 15.9 Å². The second-order valence-corrected chi connectivity index (χ2v) is 4.14. The molecular formula is C9H13N3S. The largest absolute Gasteiger partial charge is 0.330 e. The Balaban J connectivity index is 2.34. The van der Waals surface area contributed by atoms with Crippen LogP contribution in [0.3, 0.4) is 0 Å². The Kier molecular flexibility index (Phi) is 2.33. The molecular weight excluding hydrogens is 182 g/mol. The normalized spacial score (nSPS) is 11.2. The summed E-state index contributed by atoms with van der Waals surface area (Å²) < 4.78 is 2.14. The summed E-state index contributed by atoms with van der Waals surface area (Å²) in [7, 11) is 0. The molecule has 0 amide bonds. The first kappa shape index (κ1) is 8.72. The molecule has 0 atom stereocenters. The van der Waals surface area contributed by atoms with Crippen LogP contribution in [0, 0.1) is 6.92 Å². The number of aryl methyl sites for hydroxylation is 2. The third kappa shape index (κ3) is 1.47. The van der Waals surface area contributed by atoms with Crippen molar-refractivity contribution in [2.45, 2.75) is 19.8 Å². The average Bonchev–Trinajstić information content (AvgIpc) is 2.67. The predicted molar refractivity (Wildman–Crippen MR) is 55.2 cm³/mol. The van der Waals surface area contributed by atoms with Crippen LogP contribution in [0.15, 0.2) is 12.4 Å². The molecule has 0 fully saturated rings. The average molecular weight is 195 g/mol. The number of imidazole rings is 1. The van der Waals surface area contributed by atoms with Gasteiger partial charge in [0.05, 0.1) is 0 Å². The summed E-state index contributed by atoms with van der Waals surface area (Å²) in [6, 6.07) is 0. The van der Waals surface area contributed by atoms with Crippen molar-refractivity contribution in [1.29, 1.82) is 0 Å². The van der Waals surface area contributed by atoms with Crippen molar-refractivity contribution in [3.63, 3.8) is 0 Å². The van der Waals surface area contributed by atoms with Gasteiger partial charge in [0.2, 0.25) is 0 Å². The van der Waals surface area contributed by atoms with Crippen LogP contribution < -0.4 is 5.73 Å². The van der Waals surface area contributed by atoms with Crippen LogP contribution in [0.1, 0.15) is 17.0 Å². The fourth-order valence-corrected chi connectivity index (χ4v) is 2.56. The third-order valence-corrected chi connectivity index (χ3v) is 3.42. The van der Waals surface area contributed by atoms with E-state index >= 15 is 0 Å². The highest BCUT2D eigenvalue weighted by atomic mass is 32.1. The highest BCUT2D eigenvalue weighted by Gasteiger charge is 2.07. The summed E-state index contributed by atoms with van der Waals surface area (Å²) in [5.74, 6) is 0. The number of hydrogen-bond donors (Lipinski definition) is 1. The number of hydrogen-bond acceptors (Lipinski definition) is 3. The number of fused-ring (bicyclic) bond motifs is 1. The van der Waals surface area contributed by atoms with Gasteiger partial charge in [-0.15, -0.1) is 11.3 Å². The zero-order valence-electron chi connectivity index (χ0n) is 7.66. The fourth-order valence-electron chi connectivity index (χ4n) is 1.43. The Morgan fingerprint density at radius 3 is 3.15 bits per heavy atom. The van der Waals surface area contributed by atoms with E-state index in [1.54, 1.807) is 11.3 Å². The maximum atomic E-state index is 5.48. The lowest BCUT2D eigenvalue weighted by atomic mass is 10.2. The molecule has 0 spiro atoms. The lowest BCUT2D eigenvalue weighted by molar-refractivity contribution is 0.833. The molecule has 13 heavy (non-hydrogen) atoms. The highest BCUT2D eigenvalue weighted by molar-refractivity contribution is 7.17. The second kappa shape index (κ2) is 3.47. The number of thiazole rings is 1. The summed E-state index contributed by atoms with van der Waals surface area (Å²) >= 11 is 1.77. The summed E-state index contributed by atoms with van der Waals surface area (Å²) in [4.78, 5) is 6.76. The first-order chi connectivity index (χ1) is 6.33. The Bertz CT molecular complexity index is 402. The van der Waals surface area contributed by atoms with Crippen molar-refractivity contribution in [3.8, 4) is 0 Å². The molecule has 0 unspecified atom stereocenters. The molecule has 2 rings (SSSR count). The topological polar surface area (TPSA) is 43.3 Å². The van der Waals surface area contributed by atoms with E-state index in [0.717, 1.165) is 24.3 Å². The Morgan fingerprint density at radius 1 is 1.62 bits per heavy atom.